The van der Waals surface area contributed by atoms with E-state index in [4.69, 9.17) is 11.6 Å². The molecule has 27 heavy (non-hydrogen) atoms. The van der Waals surface area contributed by atoms with Crippen LogP contribution in [0.25, 0.3) is 5.57 Å². The van der Waals surface area contributed by atoms with Crippen molar-refractivity contribution in [3.63, 3.8) is 0 Å². The van der Waals surface area contributed by atoms with Crippen LogP contribution < -0.4 is 0 Å². The van der Waals surface area contributed by atoms with Crippen LogP contribution in [0.15, 0.2) is 29.8 Å². The molecule has 1 aromatic carbocycles. The van der Waals surface area contributed by atoms with Crippen LogP contribution in [0.4, 0.5) is 8.78 Å². The molecular weight excluding hydrogens is 386 g/mol. The fourth-order valence-corrected chi connectivity index (χ4v) is 6.38. The van der Waals surface area contributed by atoms with Gasteiger partial charge in [-0.3, -0.25) is 4.21 Å². The molecule has 0 N–H and O–H groups in total. The monoisotopic (exact) mass is 416 g/mol. The minimum Gasteiger partial charge on any atom is -0.259 e. The fraction of sp³-hybridized carbons (Fsp3) is 0.636. The molecule has 5 unspecified atom stereocenters. The number of alkyl halides is 2. The van der Waals surface area contributed by atoms with Crippen molar-refractivity contribution < 1.29 is 13.0 Å². The molecular formula is C22H31ClF2OS. The molecule has 0 heterocycles. The lowest BCUT2D eigenvalue weighted by Crippen LogP contribution is -2.40. The second kappa shape index (κ2) is 9.17. The van der Waals surface area contributed by atoms with Crippen molar-refractivity contribution >= 4 is 28.0 Å². The molecule has 152 valence electrons. The summed E-state index contributed by atoms with van der Waals surface area (Å²) in [6.45, 7) is 9.41. The van der Waals surface area contributed by atoms with E-state index in [9.17, 15) is 13.0 Å². The molecule has 0 bridgehead atoms. The summed E-state index contributed by atoms with van der Waals surface area (Å²) in [5.74, 6) is -2.45. The molecule has 0 aromatic heterocycles. The molecule has 0 radical (unpaired) electrons. The van der Waals surface area contributed by atoms with Crippen molar-refractivity contribution in [3.8, 4) is 0 Å². The lowest BCUT2D eigenvalue weighted by molar-refractivity contribution is 0.0477. The smallest absolute Gasteiger partial charge is 0.256 e. The molecule has 1 fully saturated rings. The molecule has 1 saturated carbocycles. The third-order valence-electron chi connectivity index (χ3n) is 6.06. The molecule has 0 saturated heterocycles. The molecule has 2 rings (SSSR count). The quantitative estimate of drug-likeness (QED) is 0.488. The molecule has 0 spiro atoms. The minimum atomic E-state index is -2.88. The van der Waals surface area contributed by atoms with Gasteiger partial charge in [-0.05, 0) is 67.7 Å². The van der Waals surface area contributed by atoms with Gasteiger partial charge in [-0.1, -0.05) is 49.6 Å². The van der Waals surface area contributed by atoms with E-state index in [1.165, 1.54) is 11.1 Å². The SMILES string of the molecule is CCC1CC(C)C(/C(C)=C(\C)c2ccc(Cl)cc2)CC1S(=O)CC(C)(F)F. The summed E-state index contributed by atoms with van der Waals surface area (Å²) in [7, 11) is -1.51. The first kappa shape index (κ1) is 22.5. The normalized spacial score (nSPS) is 28.6. The van der Waals surface area contributed by atoms with Gasteiger partial charge in [-0.2, -0.15) is 0 Å². The molecule has 1 aliphatic carbocycles. The summed E-state index contributed by atoms with van der Waals surface area (Å²) in [4.78, 5) is 0. The van der Waals surface area contributed by atoms with E-state index in [1.54, 1.807) is 0 Å². The number of hydrogen-bond acceptors (Lipinski definition) is 1. The maximum absolute atomic E-state index is 13.5. The fourth-order valence-electron chi connectivity index (χ4n) is 4.39. The Balaban J connectivity index is 2.28. The molecule has 0 amide bonds. The van der Waals surface area contributed by atoms with Crippen molar-refractivity contribution in [2.24, 2.45) is 17.8 Å². The minimum absolute atomic E-state index is 0.157. The summed E-state index contributed by atoms with van der Waals surface area (Å²) in [6.07, 6.45) is 2.55. The Bertz CT molecular complexity index is 693. The molecule has 1 nitrogen and oxygen atoms in total. The molecule has 5 atom stereocenters. The van der Waals surface area contributed by atoms with Crippen LogP contribution >= 0.6 is 11.6 Å². The van der Waals surface area contributed by atoms with Crippen LogP contribution in [0.2, 0.25) is 5.02 Å². The van der Waals surface area contributed by atoms with Gasteiger partial charge in [0, 0.05) is 28.0 Å². The molecule has 1 aliphatic rings. The highest BCUT2D eigenvalue weighted by atomic mass is 35.5. The number of halogens is 3. The van der Waals surface area contributed by atoms with Crippen LogP contribution in [0, 0.1) is 17.8 Å². The first-order chi connectivity index (χ1) is 12.5. The number of allylic oxidation sites excluding steroid dienone is 2. The average Bonchev–Trinajstić information content (AvgIpc) is 2.59. The number of benzene rings is 1. The zero-order chi connectivity index (χ0) is 20.4. The third-order valence-corrected chi connectivity index (χ3v) is 8.35. The highest BCUT2D eigenvalue weighted by Gasteiger charge is 2.40. The molecule has 0 aliphatic heterocycles. The lowest BCUT2D eigenvalue weighted by atomic mass is 9.70. The second-order valence-electron chi connectivity index (χ2n) is 8.17. The van der Waals surface area contributed by atoms with E-state index in [-0.39, 0.29) is 17.1 Å². The first-order valence-electron chi connectivity index (χ1n) is 9.71. The maximum Gasteiger partial charge on any atom is 0.256 e. The van der Waals surface area contributed by atoms with E-state index < -0.39 is 22.5 Å². The number of rotatable bonds is 6. The van der Waals surface area contributed by atoms with Gasteiger partial charge in [0.1, 0.15) is 0 Å². The zero-order valence-corrected chi connectivity index (χ0v) is 18.5. The van der Waals surface area contributed by atoms with E-state index >= 15 is 0 Å². The third kappa shape index (κ3) is 5.87. The van der Waals surface area contributed by atoms with Gasteiger partial charge < -0.3 is 0 Å². The van der Waals surface area contributed by atoms with Crippen molar-refractivity contribution in [1.29, 1.82) is 0 Å². The van der Waals surface area contributed by atoms with Gasteiger partial charge in [0.2, 0.25) is 0 Å². The summed E-state index contributed by atoms with van der Waals surface area (Å²) in [6, 6.07) is 7.78. The predicted molar refractivity (Wildman–Crippen MR) is 113 cm³/mol. The van der Waals surface area contributed by atoms with Crippen LogP contribution in [-0.2, 0) is 10.8 Å². The Kier molecular flexibility index (Phi) is 7.66. The van der Waals surface area contributed by atoms with Crippen LogP contribution in [0.1, 0.15) is 59.4 Å². The van der Waals surface area contributed by atoms with E-state index in [2.05, 4.69) is 27.7 Å². The van der Waals surface area contributed by atoms with E-state index in [1.807, 2.05) is 24.3 Å². The Hall–Kier alpha value is -0.740. The maximum atomic E-state index is 13.5. The summed E-state index contributed by atoms with van der Waals surface area (Å²) < 4.78 is 39.7. The van der Waals surface area contributed by atoms with Crippen molar-refractivity contribution in [2.75, 3.05) is 5.75 Å². The van der Waals surface area contributed by atoms with Gasteiger partial charge in [-0.15, -0.1) is 0 Å². The van der Waals surface area contributed by atoms with Crippen molar-refractivity contribution in [1.82, 2.24) is 0 Å². The predicted octanol–water partition coefficient (Wildman–Crippen LogP) is 6.98. The topological polar surface area (TPSA) is 17.1 Å². The summed E-state index contributed by atoms with van der Waals surface area (Å²) in [5.41, 5.74) is 3.59. The van der Waals surface area contributed by atoms with Crippen LogP contribution in [0.5, 0.6) is 0 Å². The highest BCUT2D eigenvalue weighted by molar-refractivity contribution is 7.85. The summed E-state index contributed by atoms with van der Waals surface area (Å²) in [5, 5.41) is 0.548. The van der Waals surface area contributed by atoms with Gasteiger partial charge >= 0.3 is 0 Å². The zero-order valence-electron chi connectivity index (χ0n) is 16.9. The average molecular weight is 417 g/mol. The van der Waals surface area contributed by atoms with Crippen LogP contribution in [-0.4, -0.2) is 21.1 Å². The van der Waals surface area contributed by atoms with Gasteiger partial charge in [0.25, 0.3) is 5.92 Å². The van der Waals surface area contributed by atoms with Crippen LogP contribution in [0.3, 0.4) is 0 Å². The molecule has 5 heteroatoms. The molecule has 1 aromatic rings. The van der Waals surface area contributed by atoms with E-state index in [0.29, 0.717) is 10.9 Å². The largest absolute Gasteiger partial charge is 0.259 e. The van der Waals surface area contributed by atoms with Gasteiger partial charge in [0.05, 0.1) is 5.75 Å². The summed E-state index contributed by atoms with van der Waals surface area (Å²) >= 11 is 6.00. The Labute approximate surface area is 170 Å². The van der Waals surface area contributed by atoms with Crippen molar-refractivity contribution in [2.45, 2.75) is 65.1 Å². The first-order valence-corrected chi connectivity index (χ1v) is 11.5. The Morgan fingerprint density at radius 2 is 1.81 bits per heavy atom. The second-order valence-corrected chi connectivity index (χ2v) is 10.3. The lowest BCUT2D eigenvalue weighted by Gasteiger charge is -2.41. The number of hydrogen-bond donors (Lipinski definition) is 0. The van der Waals surface area contributed by atoms with Gasteiger partial charge in [-0.25, -0.2) is 8.78 Å². The van der Waals surface area contributed by atoms with Gasteiger partial charge in [0.15, 0.2) is 0 Å². The van der Waals surface area contributed by atoms with Crippen molar-refractivity contribution in [3.05, 3.63) is 40.4 Å². The standard InChI is InChI=1S/C22H31ClF2OS/c1-6-17-11-14(2)20(12-21(17)27(26)13-22(5,24)25)16(4)15(3)18-7-9-19(23)10-8-18/h7-10,14,17,20-21H,6,11-13H2,1-5H3/b16-15+. The van der Waals surface area contributed by atoms with E-state index in [0.717, 1.165) is 31.7 Å². The highest BCUT2D eigenvalue weighted by Crippen LogP contribution is 2.43. The Morgan fingerprint density at radius 3 is 2.33 bits per heavy atom. The Morgan fingerprint density at radius 1 is 1.22 bits per heavy atom.